The molecule has 2 fully saturated rings. The van der Waals surface area contributed by atoms with Gasteiger partial charge in [-0.05, 0) is 24.8 Å². The normalized spacial score (nSPS) is 24.3. The van der Waals surface area contributed by atoms with E-state index in [2.05, 4.69) is 10.1 Å². The van der Waals surface area contributed by atoms with Crippen LogP contribution in [0.3, 0.4) is 0 Å². The number of nitrogens with one attached hydrogen (secondary N) is 1. The number of carbonyl (C=O) groups excluding carboxylic acids is 2. The predicted octanol–water partition coefficient (Wildman–Crippen LogP) is 2.47. The number of carboxylic acids is 1. The number of nitrogens with zero attached hydrogens (tertiary/aromatic N) is 1. The molecule has 1 saturated heterocycles. The number of halogens is 2. The first kappa shape index (κ1) is 18.1. The van der Waals surface area contributed by atoms with E-state index in [-0.39, 0.29) is 24.7 Å². The lowest BCUT2D eigenvalue weighted by Gasteiger charge is -2.23. The number of esters is 1. The lowest BCUT2D eigenvalue weighted by Crippen LogP contribution is -2.38. The number of aliphatic carboxylic acids is 1. The Balaban J connectivity index is 1.79. The molecule has 2 amide bonds. The Morgan fingerprint density at radius 1 is 1.31 bits per heavy atom. The van der Waals surface area contributed by atoms with Gasteiger partial charge in [0.2, 0.25) is 0 Å². The van der Waals surface area contributed by atoms with Gasteiger partial charge in [0.1, 0.15) is 11.6 Å². The summed E-state index contributed by atoms with van der Waals surface area (Å²) >= 11 is 0. The topological polar surface area (TPSA) is 95.9 Å². The lowest BCUT2D eigenvalue weighted by atomic mass is 9.81. The van der Waals surface area contributed by atoms with Crippen LogP contribution in [0.1, 0.15) is 29.6 Å². The number of amides is 2. The quantitative estimate of drug-likeness (QED) is 0.799. The fourth-order valence-electron chi connectivity index (χ4n) is 3.90. The lowest BCUT2D eigenvalue weighted by molar-refractivity contribution is -0.149. The zero-order valence-corrected chi connectivity index (χ0v) is 14.1. The van der Waals surface area contributed by atoms with Crippen LogP contribution < -0.4 is 5.32 Å². The smallest absolute Gasteiger partial charge is 0.340 e. The van der Waals surface area contributed by atoms with Gasteiger partial charge in [0.15, 0.2) is 0 Å². The highest BCUT2D eigenvalue weighted by Crippen LogP contribution is 2.48. The summed E-state index contributed by atoms with van der Waals surface area (Å²) in [5.74, 6) is -4.23. The van der Waals surface area contributed by atoms with Crippen LogP contribution in [0, 0.1) is 23.0 Å². The third-order valence-corrected chi connectivity index (χ3v) is 5.29. The highest BCUT2D eigenvalue weighted by Gasteiger charge is 2.55. The predicted molar refractivity (Wildman–Crippen MR) is 85.7 cm³/mol. The number of urea groups is 1. The highest BCUT2D eigenvalue weighted by atomic mass is 19.1. The van der Waals surface area contributed by atoms with Crippen LogP contribution in [0.5, 0.6) is 0 Å². The zero-order valence-electron chi connectivity index (χ0n) is 14.1. The SMILES string of the molecule is COC(=O)c1cc(NC(=O)N2C[C@@H]3CCC[C@@]3(C(=O)O)C2)c(F)cc1F. The van der Waals surface area contributed by atoms with Crippen LogP contribution in [-0.4, -0.2) is 48.2 Å². The minimum atomic E-state index is -1.10. The monoisotopic (exact) mass is 368 g/mol. The molecule has 1 aliphatic heterocycles. The van der Waals surface area contributed by atoms with Crippen molar-refractivity contribution in [3.8, 4) is 0 Å². The summed E-state index contributed by atoms with van der Waals surface area (Å²) in [5, 5.41) is 11.8. The number of methoxy groups -OCH3 is 1. The van der Waals surface area contributed by atoms with Crippen molar-refractivity contribution in [3.05, 3.63) is 29.3 Å². The number of ether oxygens (including phenoxy) is 1. The van der Waals surface area contributed by atoms with E-state index in [1.807, 2.05) is 0 Å². The van der Waals surface area contributed by atoms with Gasteiger partial charge < -0.3 is 20.1 Å². The van der Waals surface area contributed by atoms with Crippen LogP contribution in [-0.2, 0) is 9.53 Å². The minimum absolute atomic E-state index is 0.0332. The summed E-state index contributed by atoms with van der Waals surface area (Å²) in [6, 6.07) is 0.652. The number of hydrogen-bond donors (Lipinski definition) is 2. The molecular weight excluding hydrogens is 350 g/mol. The zero-order chi connectivity index (χ0) is 19.1. The maximum Gasteiger partial charge on any atom is 0.340 e. The number of rotatable bonds is 3. The molecule has 3 rings (SSSR count). The standard InChI is InChI=1S/C17H18F2N2O5/c1-26-14(22)10-5-13(12(19)6-11(10)18)20-16(25)21-7-9-3-2-4-17(9,8-21)15(23)24/h5-6,9H,2-4,7-8H2,1H3,(H,20,25)(H,23,24)/t9-,17+/m0/s1. The van der Waals surface area contributed by atoms with Crippen LogP contribution in [0.4, 0.5) is 19.3 Å². The van der Waals surface area contributed by atoms with Crippen molar-refractivity contribution < 1.29 is 33.0 Å². The van der Waals surface area contributed by atoms with E-state index in [1.54, 1.807) is 0 Å². The fraction of sp³-hybridized carbons (Fsp3) is 0.471. The molecule has 9 heteroatoms. The average Bonchev–Trinajstić information content (AvgIpc) is 3.15. The number of carboxylic acid groups (broad SMARTS) is 1. The summed E-state index contributed by atoms with van der Waals surface area (Å²) in [5.41, 5.74) is -1.85. The van der Waals surface area contributed by atoms with E-state index in [0.29, 0.717) is 18.9 Å². The second kappa shape index (κ2) is 6.54. The van der Waals surface area contributed by atoms with Crippen molar-refractivity contribution in [2.24, 2.45) is 11.3 Å². The summed E-state index contributed by atoms with van der Waals surface area (Å²) in [6.07, 6.45) is 2.00. The summed E-state index contributed by atoms with van der Waals surface area (Å²) in [6.45, 7) is 0.288. The first-order valence-corrected chi connectivity index (χ1v) is 8.15. The van der Waals surface area contributed by atoms with Crippen LogP contribution in [0.2, 0.25) is 0 Å². The molecular formula is C17H18F2N2O5. The van der Waals surface area contributed by atoms with Crippen molar-refractivity contribution in [1.82, 2.24) is 4.90 Å². The van der Waals surface area contributed by atoms with Gasteiger partial charge in [0.05, 0.1) is 23.8 Å². The molecule has 7 nitrogen and oxygen atoms in total. The summed E-state index contributed by atoms with van der Waals surface area (Å²) < 4.78 is 32.0. The van der Waals surface area contributed by atoms with Gasteiger partial charge in [0.25, 0.3) is 0 Å². The number of likely N-dealkylation sites (tertiary alicyclic amines) is 1. The molecule has 1 heterocycles. The molecule has 2 N–H and O–H groups in total. The molecule has 1 aromatic rings. The van der Waals surface area contributed by atoms with Gasteiger partial charge in [-0.1, -0.05) is 6.42 Å². The average molecular weight is 368 g/mol. The van der Waals surface area contributed by atoms with Gasteiger partial charge >= 0.3 is 18.0 Å². The van der Waals surface area contributed by atoms with E-state index in [4.69, 9.17) is 0 Å². The number of benzene rings is 1. The Morgan fingerprint density at radius 2 is 2.04 bits per heavy atom. The van der Waals surface area contributed by atoms with Crippen molar-refractivity contribution in [2.75, 3.05) is 25.5 Å². The molecule has 1 aliphatic carbocycles. The van der Waals surface area contributed by atoms with Gasteiger partial charge in [0, 0.05) is 19.2 Å². The summed E-state index contributed by atoms with van der Waals surface area (Å²) in [7, 11) is 1.05. The van der Waals surface area contributed by atoms with E-state index >= 15 is 0 Å². The second-order valence-electron chi connectivity index (χ2n) is 6.66. The van der Waals surface area contributed by atoms with Crippen LogP contribution in [0.15, 0.2) is 12.1 Å². The molecule has 0 spiro atoms. The van der Waals surface area contributed by atoms with Crippen molar-refractivity contribution in [3.63, 3.8) is 0 Å². The third-order valence-electron chi connectivity index (χ3n) is 5.29. The van der Waals surface area contributed by atoms with Crippen LogP contribution >= 0.6 is 0 Å². The Hall–Kier alpha value is -2.71. The van der Waals surface area contributed by atoms with E-state index in [9.17, 15) is 28.3 Å². The van der Waals surface area contributed by atoms with E-state index in [1.165, 1.54) is 4.90 Å². The highest BCUT2D eigenvalue weighted by molar-refractivity contribution is 5.94. The minimum Gasteiger partial charge on any atom is -0.481 e. The van der Waals surface area contributed by atoms with Gasteiger partial charge in [-0.25, -0.2) is 18.4 Å². The number of anilines is 1. The Labute approximate surface area is 147 Å². The fourth-order valence-corrected chi connectivity index (χ4v) is 3.90. The van der Waals surface area contributed by atoms with Crippen molar-refractivity contribution in [1.29, 1.82) is 0 Å². The number of hydrogen-bond acceptors (Lipinski definition) is 4. The molecule has 2 aliphatic rings. The molecule has 1 saturated carbocycles. The van der Waals surface area contributed by atoms with Crippen LogP contribution in [0.25, 0.3) is 0 Å². The molecule has 2 atom stereocenters. The third kappa shape index (κ3) is 2.87. The molecule has 0 unspecified atom stereocenters. The summed E-state index contributed by atoms with van der Waals surface area (Å²) in [4.78, 5) is 36.9. The van der Waals surface area contributed by atoms with Crippen molar-refractivity contribution in [2.45, 2.75) is 19.3 Å². The van der Waals surface area contributed by atoms with E-state index < -0.39 is 40.6 Å². The molecule has 0 radical (unpaired) electrons. The Bertz CT molecular complexity index is 785. The van der Waals surface area contributed by atoms with E-state index in [0.717, 1.165) is 19.6 Å². The van der Waals surface area contributed by atoms with Gasteiger partial charge in [-0.2, -0.15) is 0 Å². The molecule has 140 valence electrons. The number of carbonyl (C=O) groups is 3. The first-order valence-electron chi connectivity index (χ1n) is 8.15. The van der Waals surface area contributed by atoms with Crippen molar-refractivity contribution >= 4 is 23.7 Å². The molecule has 0 aromatic heterocycles. The number of fused-ring (bicyclic) bond motifs is 1. The molecule has 0 bridgehead atoms. The van der Waals surface area contributed by atoms with Gasteiger partial charge in [-0.3, -0.25) is 4.79 Å². The largest absolute Gasteiger partial charge is 0.481 e. The maximum atomic E-state index is 14.0. The first-order chi connectivity index (χ1) is 12.3. The molecule has 26 heavy (non-hydrogen) atoms. The Kier molecular flexibility index (Phi) is 4.55. The van der Waals surface area contributed by atoms with Gasteiger partial charge in [-0.15, -0.1) is 0 Å². The molecule has 1 aromatic carbocycles. The Morgan fingerprint density at radius 3 is 2.65 bits per heavy atom. The maximum absolute atomic E-state index is 14.0. The second-order valence-corrected chi connectivity index (χ2v) is 6.66.